The van der Waals surface area contributed by atoms with E-state index < -0.39 is 78.6 Å². The summed E-state index contributed by atoms with van der Waals surface area (Å²) < 4.78 is 66.2. The van der Waals surface area contributed by atoms with Crippen LogP contribution in [-0.2, 0) is 73.8 Å². The summed E-state index contributed by atoms with van der Waals surface area (Å²) in [5.41, 5.74) is 2.74. The van der Waals surface area contributed by atoms with Crippen molar-refractivity contribution in [2.75, 3.05) is 13.2 Å². The van der Waals surface area contributed by atoms with Crippen LogP contribution in [0.2, 0.25) is 0 Å². The second kappa shape index (κ2) is 27.0. The SMILES string of the molecule is O=C(O[C@H]1[C@@H](OCc2ccccc2)[C@@H](COCc2ccccc2)O[C@@H](O[C@@H]2[C@@H](OC(=O)c3ccccc3)[C@@H](Cl)O[C@H](COCc3ccccc3)[C@@H]2OCc2ccccc2)[C@@H]1OC(=O)c1ccccc1)c1ccccc1. The van der Waals surface area contributed by atoms with Crippen LogP contribution in [0.4, 0.5) is 0 Å². The summed E-state index contributed by atoms with van der Waals surface area (Å²) in [4.78, 5) is 43.1. The van der Waals surface area contributed by atoms with Gasteiger partial charge in [0.25, 0.3) is 0 Å². The first-order valence-corrected chi connectivity index (χ1v) is 25.2. The molecule has 75 heavy (non-hydrogen) atoms. The molecule has 0 unspecified atom stereocenters. The van der Waals surface area contributed by atoms with Gasteiger partial charge in [-0.2, -0.15) is 0 Å². The Bertz CT molecular complexity index is 2820. The lowest BCUT2D eigenvalue weighted by molar-refractivity contribution is -0.345. The highest BCUT2D eigenvalue weighted by Crippen LogP contribution is 2.37. The Morgan fingerprint density at radius 3 is 1.08 bits per heavy atom. The summed E-state index contributed by atoms with van der Waals surface area (Å²) in [5.74, 6) is -2.24. The van der Waals surface area contributed by atoms with Crippen molar-refractivity contribution >= 4 is 29.5 Å². The van der Waals surface area contributed by atoms with E-state index in [1.54, 1.807) is 91.0 Å². The summed E-state index contributed by atoms with van der Waals surface area (Å²) in [6.45, 7) is 0.344. The van der Waals surface area contributed by atoms with E-state index in [0.717, 1.165) is 22.3 Å². The Labute approximate surface area is 441 Å². The molecule has 2 fully saturated rings. The van der Waals surface area contributed by atoms with Gasteiger partial charge in [0.1, 0.15) is 30.5 Å². The fourth-order valence-electron chi connectivity index (χ4n) is 8.78. The highest BCUT2D eigenvalue weighted by molar-refractivity contribution is 6.20. The van der Waals surface area contributed by atoms with Gasteiger partial charge < -0.3 is 47.4 Å². The Balaban J connectivity index is 1.14. The fraction of sp³-hybridized carbons (Fsp3) is 0.262. The predicted octanol–water partition coefficient (Wildman–Crippen LogP) is 10.3. The molecule has 2 saturated heterocycles. The Kier molecular flexibility index (Phi) is 19.0. The van der Waals surface area contributed by atoms with E-state index in [9.17, 15) is 14.4 Å². The molecule has 0 bridgehead atoms. The molecule has 0 amide bonds. The molecule has 7 aromatic rings. The zero-order valence-electron chi connectivity index (χ0n) is 40.9. The van der Waals surface area contributed by atoms with Crippen LogP contribution in [0.15, 0.2) is 212 Å². The molecule has 2 heterocycles. The molecule has 0 aromatic heterocycles. The summed E-state index contributed by atoms with van der Waals surface area (Å²) in [6, 6.07) is 63.4. The summed E-state index contributed by atoms with van der Waals surface area (Å²) in [5, 5.41) is 0. The van der Waals surface area contributed by atoms with E-state index in [4.69, 9.17) is 59.0 Å². The largest absolute Gasteiger partial charge is 0.452 e. The lowest BCUT2D eigenvalue weighted by Gasteiger charge is -2.49. The number of halogens is 1. The monoisotopic (exact) mass is 1030 g/mol. The average Bonchev–Trinajstić information content (AvgIpc) is 3.46. The van der Waals surface area contributed by atoms with Gasteiger partial charge in [0.15, 0.2) is 30.2 Å². The molecule has 0 radical (unpaired) electrons. The normalized spacial score (nSPS) is 23.4. The van der Waals surface area contributed by atoms with Gasteiger partial charge in [-0.15, -0.1) is 0 Å². The number of ether oxygens (including phenoxy) is 10. The highest BCUT2D eigenvalue weighted by Gasteiger charge is 2.56. The Morgan fingerprint density at radius 2 is 0.680 bits per heavy atom. The van der Waals surface area contributed by atoms with Crippen molar-refractivity contribution in [1.29, 1.82) is 0 Å². The first-order chi connectivity index (χ1) is 36.9. The molecule has 0 spiro atoms. The molecule has 7 aromatic carbocycles. The number of esters is 3. The van der Waals surface area contributed by atoms with Crippen molar-refractivity contribution in [2.45, 2.75) is 87.1 Å². The van der Waals surface area contributed by atoms with Crippen LogP contribution < -0.4 is 0 Å². The lowest BCUT2D eigenvalue weighted by Crippen LogP contribution is -2.66. The van der Waals surface area contributed by atoms with Crippen molar-refractivity contribution in [3.05, 3.63) is 251 Å². The van der Waals surface area contributed by atoms with Crippen molar-refractivity contribution in [3.63, 3.8) is 0 Å². The minimum atomic E-state index is -1.62. The van der Waals surface area contributed by atoms with Crippen LogP contribution in [-0.4, -0.2) is 91.8 Å². The Hall–Kier alpha value is -7.04. The minimum absolute atomic E-state index is 0.0414. The number of hydrogen-bond acceptors (Lipinski definition) is 13. The molecule has 9 rings (SSSR count). The van der Waals surface area contributed by atoms with Gasteiger partial charge in [0.05, 0.1) is 56.3 Å². The summed E-state index contributed by atoms with van der Waals surface area (Å²) in [6.07, 6.45) is -11.6. The molecule has 386 valence electrons. The molecule has 10 atom stereocenters. The number of hydrogen-bond donors (Lipinski definition) is 0. The van der Waals surface area contributed by atoms with E-state index in [2.05, 4.69) is 0 Å². The number of rotatable bonds is 22. The van der Waals surface area contributed by atoms with Crippen LogP contribution in [0.1, 0.15) is 53.3 Å². The van der Waals surface area contributed by atoms with E-state index in [-0.39, 0.29) is 56.3 Å². The molecule has 13 nitrogen and oxygen atoms in total. The molecule has 0 saturated carbocycles. The standard InChI is InChI=1S/C61H57ClO13/c62-57-55(73-59(64)47-32-18-6-19-33-47)53(51(68-38-44-26-12-3-13-27-44)49(70-57)40-66-36-42-22-8-1-9-23-42)75-61-56(74-60(65)48-34-20-7-21-35-48)54(72-58(63)46-30-16-5-17-31-46)52(69-39-45-28-14-4-15-29-45)50(71-61)41-67-37-43-24-10-2-11-25-43/h1-35,49-57,61H,36-41H2/t49-,50-,51+,52+,53+,54+,55-,56-,57+,61+/m1/s1. The van der Waals surface area contributed by atoms with Crippen molar-refractivity contribution < 1.29 is 61.8 Å². The van der Waals surface area contributed by atoms with E-state index in [1.165, 1.54) is 0 Å². The van der Waals surface area contributed by atoms with Crippen LogP contribution in [0, 0.1) is 0 Å². The van der Waals surface area contributed by atoms with Gasteiger partial charge >= 0.3 is 17.9 Å². The van der Waals surface area contributed by atoms with Crippen molar-refractivity contribution in [3.8, 4) is 0 Å². The maximum absolute atomic E-state index is 14.5. The van der Waals surface area contributed by atoms with Crippen molar-refractivity contribution in [1.82, 2.24) is 0 Å². The van der Waals surface area contributed by atoms with E-state index >= 15 is 0 Å². The molecule has 0 N–H and O–H groups in total. The molecule has 2 aliphatic heterocycles. The highest BCUT2D eigenvalue weighted by atomic mass is 35.5. The van der Waals surface area contributed by atoms with Crippen LogP contribution in [0.25, 0.3) is 0 Å². The van der Waals surface area contributed by atoms with Gasteiger partial charge in [0, 0.05) is 0 Å². The van der Waals surface area contributed by atoms with E-state index in [0.29, 0.717) is 0 Å². The second-order valence-electron chi connectivity index (χ2n) is 17.9. The van der Waals surface area contributed by atoms with Crippen LogP contribution in [0.3, 0.4) is 0 Å². The number of benzene rings is 7. The molecular formula is C61H57ClO13. The third-order valence-corrected chi connectivity index (χ3v) is 12.9. The van der Waals surface area contributed by atoms with Crippen molar-refractivity contribution in [2.24, 2.45) is 0 Å². The molecule has 2 aliphatic rings. The second-order valence-corrected chi connectivity index (χ2v) is 18.3. The molecule has 0 aliphatic carbocycles. The first kappa shape index (κ1) is 52.8. The van der Waals surface area contributed by atoms with Gasteiger partial charge in [-0.1, -0.05) is 188 Å². The Morgan fingerprint density at radius 1 is 0.360 bits per heavy atom. The number of carbonyl (C=O) groups is 3. The summed E-state index contributed by atoms with van der Waals surface area (Å²) >= 11 is 7.22. The number of alkyl halides is 1. The zero-order chi connectivity index (χ0) is 51.6. The number of carbonyl (C=O) groups excluding carboxylic acids is 3. The minimum Gasteiger partial charge on any atom is -0.452 e. The summed E-state index contributed by atoms with van der Waals surface area (Å²) in [7, 11) is 0. The molecular weight excluding hydrogens is 976 g/mol. The maximum atomic E-state index is 14.5. The fourth-order valence-corrected chi connectivity index (χ4v) is 9.11. The predicted molar refractivity (Wildman–Crippen MR) is 277 cm³/mol. The first-order valence-electron chi connectivity index (χ1n) is 24.8. The topological polar surface area (TPSA) is 144 Å². The van der Waals surface area contributed by atoms with E-state index in [1.807, 2.05) is 121 Å². The van der Waals surface area contributed by atoms with Crippen LogP contribution >= 0.6 is 11.6 Å². The van der Waals surface area contributed by atoms with Gasteiger partial charge in [-0.05, 0) is 58.7 Å². The van der Waals surface area contributed by atoms with Crippen LogP contribution in [0.5, 0.6) is 0 Å². The van der Waals surface area contributed by atoms with Gasteiger partial charge in [0.2, 0.25) is 0 Å². The maximum Gasteiger partial charge on any atom is 0.338 e. The zero-order valence-corrected chi connectivity index (χ0v) is 41.7. The smallest absolute Gasteiger partial charge is 0.338 e. The lowest BCUT2D eigenvalue weighted by atomic mass is 9.96. The van der Waals surface area contributed by atoms with Gasteiger partial charge in [-0.25, -0.2) is 14.4 Å². The quantitative estimate of drug-likeness (QED) is 0.0361. The third kappa shape index (κ3) is 14.6. The average molecular weight is 1030 g/mol. The van der Waals surface area contributed by atoms with Gasteiger partial charge in [-0.3, -0.25) is 0 Å². The third-order valence-electron chi connectivity index (χ3n) is 12.6. The molecule has 14 heteroatoms.